The van der Waals surface area contributed by atoms with Crippen LogP contribution in [0.5, 0.6) is 5.75 Å². The van der Waals surface area contributed by atoms with Gasteiger partial charge >= 0.3 is 4.87 Å². The number of aromatic hydroxyl groups is 1. The number of aryl methyl sites for hydroxylation is 1. The second-order valence-corrected chi connectivity index (χ2v) is 7.26. The number of benzene rings is 1. The molecular weight excluding hydrogens is 300 g/mol. The molecule has 6 nitrogen and oxygen atoms in total. The van der Waals surface area contributed by atoms with Crippen molar-refractivity contribution in [2.24, 2.45) is 0 Å². The van der Waals surface area contributed by atoms with Crippen molar-refractivity contribution in [2.45, 2.75) is 24.1 Å². The Morgan fingerprint density at radius 3 is 2.65 bits per heavy atom. The van der Waals surface area contributed by atoms with Gasteiger partial charge in [0.2, 0.25) is 0 Å². The van der Waals surface area contributed by atoms with Crippen LogP contribution in [0.2, 0.25) is 0 Å². The molecule has 0 fully saturated rings. The van der Waals surface area contributed by atoms with Gasteiger partial charge in [-0.15, -0.1) is 0 Å². The number of aromatic nitrogens is 1. The Labute approximate surface area is 120 Å². The molecule has 2 aromatic rings. The number of phenols is 1. The largest absolute Gasteiger partial charge is 0.508 e. The van der Waals surface area contributed by atoms with Gasteiger partial charge in [0, 0.05) is 11.7 Å². The standard InChI is InChI=1S/C12H14N2O4S2/c1-7(9-4-3-5-10(15)6-9)14-20(17,18)11-8(2)13-12(16)19-11/h3-7,14-15H,1-2H3,(H,13,16). The molecule has 1 heterocycles. The van der Waals surface area contributed by atoms with Gasteiger partial charge in [-0.2, -0.15) is 0 Å². The summed E-state index contributed by atoms with van der Waals surface area (Å²) in [5.74, 6) is 0.0658. The first-order valence-corrected chi connectivity index (χ1v) is 8.10. The van der Waals surface area contributed by atoms with Crippen LogP contribution >= 0.6 is 11.3 Å². The minimum atomic E-state index is -3.77. The SMILES string of the molecule is Cc1[nH]c(=O)sc1S(=O)(=O)NC(C)c1cccc(O)c1. The average molecular weight is 314 g/mol. The Bertz CT molecular complexity index is 777. The van der Waals surface area contributed by atoms with Crippen LogP contribution in [0.3, 0.4) is 0 Å². The van der Waals surface area contributed by atoms with Crippen LogP contribution in [0.1, 0.15) is 24.2 Å². The van der Waals surface area contributed by atoms with E-state index in [4.69, 9.17) is 0 Å². The van der Waals surface area contributed by atoms with Crippen LogP contribution in [0.15, 0.2) is 33.3 Å². The number of aromatic amines is 1. The highest BCUT2D eigenvalue weighted by Gasteiger charge is 2.23. The molecule has 1 atom stereocenters. The van der Waals surface area contributed by atoms with Crippen molar-refractivity contribution >= 4 is 21.4 Å². The second-order valence-electron chi connectivity index (χ2n) is 4.36. The number of H-pyrrole nitrogens is 1. The lowest BCUT2D eigenvalue weighted by Gasteiger charge is -2.14. The zero-order valence-corrected chi connectivity index (χ0v) is 12.5. The lowest BCUT2D eigenvalue weighted by molar-refractivity contribution is 0.473. The summed E-state index contributed by atoms with van der Waals surface area (Å²) in [5.41, 5.74) is 0.949. The van der Waals surface area contributed by atoms with Crippen molar-refractivity contribution in [1.82, 2.24) is 9.71 Å². The van der Waals surface area contributed by atoms with Crippen molar-refractivity contribution in [3.05, 3.63) is 45.2 Å². The molecule has 1 aromatic heterocycles. The Hall–Kier alpha value is -1.64. The Morgan fingerprint density at radius 2 is 2.10 bits per heavy atom. The number of hydrogen-bond donors (Lipinski definition) is 3. The van der Waals surface area contributed by atoms with Crippen LogP contribution in [0.4, 0.5) is 0 Å². The smallest absolute Gasteiger partial charge is 0.305 e. The Balaban J connectivity index is 2.29. The van der Waals surface area contributed by atoms with Gasteiger partial charge in [0.15, 0.2) is 4.21 Å². The van der Waals surface area contributed by atoms with Crippen molar-refractivity contribution in [3.8, 4) is 5.75 Å². The van der Waals surface area contributed by atoms with Gasteiger partial charge in [0.1, 0.15) is 5.75 Å². The highest BCUT2D eigenvalue weighted by molar-refractivity contribution is 7.91. The average Bonchev–Trinajstić information content (AvgIpc) is 2.69. The van der Waals surface area contributed by atoms with Crippen LogP contribution in [0.25, 0.3) is 0 Å². The number of sulfonamides is 1. The molecule has 20 heavy (non-hydrogen) atoms. The zero-order chi connectivity index (χ0) is 14.9. The molecule has 0 spiro atoms. The second kappa shape index (κ2) is 5.39. The monoisotopic (exact) mass is 314 g/mol. The molecule has 0 saturated heterocycles. The fourth-order valence-corrected chi connectivity index (χ4v) is 4.34. The quantitative estimate of drug-likeness (QED) is 0.796. The molecular formula is C12H14N2O4S2. The molecule has 0 amide bonds. The highest BCUT2D eigenvalue weighted by Crippen LogP contribution is 2.22. The van der Waals surface area contributed by atoms with Gasteiger partial charge in [0.05, 0.1) is 0 Å². The first kappa shape index (κ1) is 14.8. The number of nitrogens with one attached hydrogen (secondary N) is 2. The van der Waals surface area contributed by atoms with Gasteiger partial charge in [-0.3, -0.25) is 4.79 Å². The lowest BCUT2D eigenvalue weighted by atomic mass is 10.1. The molecule has 0 aliphatic carbocycles. The molecule has 0 aliphatic rings. The summed E-state index contributed by atoms with van der Waals surface area (Å²) in [7, 11) is -3.77. The third kappa shape index (κ3) is 3.09. The molecule has 108 valence electrons. The third-order valence-electron chi connectivity index (χ3n) is 2.73. The van der Waals surface area contributed by atoms with Crippen LogP contribution in [-0.2, 0) is 10.0 Å². The van der Waals surface area contributed by atoms with E-state index >= 15 is 0 Å². The van der Waals surface area contributed by atoms with Crippen LogP contribution in [0, 0.1) is 6.92 Å². The predicted octanol–water partition coefficient (Wildman–Crippen LogP) is 1.49. The molecule has 1 unspecified atom stereocenters. The minimum Gasteiger partial charge on any atom is -0.508 e. The number of thiazole rings is 1. The minimum absolute atomic E-state index is 0.0190. The van der Waals surface area contributed by atoms with Crippen molar-refractivity contribution in [1.29, 1.82) is 0 Å². The first-order chi connectivity index (χ1) is 9.29. The molecule has 2 rings (SSSR count). The number of hydrogen-bond acceptors (Lipinski definition) is 5. The summed E-state index contributed by atoms with van der Waals surface area (Å²) < 4.78 is 26.9. The van der Waals surface area contributed by atoms with Crippen molar-refractivity contribution < 1.29 is 13.5 Å². The van der Waals surface area contributed by atoms with E-state index in [9.17, 15) is 18.3 Å². The normalized spacial score (nSPS) is 13.3. The van der Waals surface area contributed by atoms with E-state index in [1.165, 1.54) is 19.1 Å². The summed E-state index contributed by atoms with van der Waals surface area (Å²) in [4.78, 5) is 13.2. The molecule has 3 N–H and O–H groups in total. The summed E-state index contributed by atoms with van der Waals surface area (Å²) in [6.07, 6.45) is 0. The van der Waals surface area contributed by atoms with Crippen molar-refractivity contribution in [2.75, 3.05) is 0 Å². The molecule has 0 saturated carbocycles. The molecule has 0 aliphatic heterocycles. The van der Waals surface area contributed by atoms with Gasteiger partial charge in [0.25, 0.3) is 10.0 Å². The predicted molar refractivity (Wildman–Crippen MR) is 76.5 cm³/mol. The van der Waals surface area contributed by atoms with E-state index in [1.807, 2.05) is 0 Å². The molecule has 1 aromatic carbocycles. The van der Waals surface area contributed by atoms with Crippen molar-refractivity contribution in [3.63, 3.8) is 0 Å². The Kier molecular flexibility index (Phi) is 3.98. The van der Waals surface area contributed by atoms with E-state index in [0.717, 1.165) is 0 Å². The maximum Gasteiger partial charge on any atom is 0.305 e. The Morgan fingerprint density at radius 1 is 1.40 bits per heavy atom. The lowest BCUT2D eigenvalue weighted by Crippen LogP contribution is -2.26. The van der Waals surface area contributed by atoms with Gasteiger partial charge in [-0.05, 0) is 31.5 Å². The number of phenolic OH excluding ortho intramolecular Hbond substituents is 1. The van der Waals surface area contributed by atoms with E-state index in [0.29, 0.717) is 22.6 Å². The zero-order valence-electron chi connectivity index (χ0n) is 10.9. The summed E-state index contributed by atoms with van der Waals surface area (Å²) in [6.45, 7) is 3.20. The first-order valence-electron chi connectivity index (χ1n) is 5.80. The van der Waals surface area contributed by atoms with E-state index in [-0.39, 0.29) is 9.96 Å². The van der Waals surface area contributed by atoms with Gasteiger partial charge < -0.3 is 10.1 Å². The fraction of sp³-hybridized carbons (Fsp3) is 0.250. The van der Waals surface area contributed by atoms with Crippen LogP contribution in [-0.4, -0.2) is 18.5 Å². The molecule has 0 radical (unpaired) electrons. The van der Waals surface area contributed by atoms with Gasteiger partial charge in [-0.1, -0.05) is 23.5 Å². The van der Waals surface area contributed by atoms with Crippen LogP contribution < -0.4 is 9.60 Å². The fourth-order valence-electron chi connectivity index (χ4n) is 1.80. The topological polar surface area (TPSA) is 99.3 Å². The maximum atomic E-state index is 12.2. The highest BCUT2D eigenvalue weighted by atomic mass is 32.2. The summed E-state index contributed by atoms with van der Waals surface area (Å²) in [6, 6.07) is 5.81. The molecule has 8 heteroatoms. The number of rotatable bonds is 4. The summed E-state index contributed by atoms with van der Waals surface area (Å²) in [5, 5.41) is 9.40. The molecule has 0 bridgehead atoms. The third-order valence-corrected chi connectivity index (χ3v) is 5.87. The van der Waals surface area contributed by atoms with E-state index in [2.05, 4.69) is 9.71 Å². The van der Waals surface area contributed by atoms with E-state index < -0.39 is 20.9 Å². The van der Waals surface area contributed by atoms with E-state index in [1.54, 1.807) is 19.1 Å². The van der Waals surface area contributed by atoms with Gasteiger partial charge in [-0.25, -0.2) is 13.1 Å². The summed E-state index contributed by atoms with van der Waals surface area (Å²) >= 11 is 0.651. The maximum absolute atomic E-state index is 12.2.